The highest BCUT2D eigenvalue weighted by Crippen LogP contribution is 2.31. The highest BCUT2D eigenvalue weighted by atomic mass is 19.4. The fraction of sp³-hybridized carbons (Fsp3) is 0.267. The number of nitrogens with one attached hydrogen (secondary N) is 1. The van der Waals surface area contributed by atoms with Crippen LogP contribution in [0.25, 0.3) is 0 Å². The lowest BCUT2D eigenvalue weighted by atomic mass is 10.1. The molecular formula is C15H15F3N2. The normalized spacial score (nSPS) is 11.4. The molecule has 1 aromatic heterocycles. The second-order valence-electron chi connectivity index (χ2n) is 4.57. The van der Waals surface area contributed by atoms with Crippen LogP contribution in [0.3, 0.4) is 0 Å². The van der Waals surface area contributed by atoms with Crippen LogP contribution in [0.15, 0.2) is 42.7 Å². The fourth-order valence-corrected chi connectivity index (χ4v) is 1.88. The third-order valence-corrected chi connectivity index (χ3v) is 3.02. The summed E-state index contributed by atoms with van der Waals surface area (Å²) in [4.78, 5) is 4.00. The highest BCUT2D eigenvalue weighted by Gasteiger charge is 2.30. The predicted octanol–water partition coefficient (Wildman–Crippen LogP) is 4.06. The lowest BCUT2D eigenvalue weighted by Gasteiger charge is -2.13. The van der Waals surface area contributed by atoms with Gasteiger partial charge in [0.2, 0.25) is 0 Å². The molecular weight excluding hydrogens is 265 g/mol. The molecule has 0 spiro atoms. The SMILES string of the molecule is Cc1ccc(C(F)(F)F)cc1NCCc1cccnc1. The van der Waals surface area contributed by atoms with Crippen LogP contribution >= 0.6 is 0 Å². The smallest absolute Gasteiger partial charge is 0.384 e. The number of rotatable bonds is 4. The monoisotopic (exact) mass is 280 g/mol. The zero-order valence-corrected chi connectivity index (χ0v) is 11.0. The number of aromatic nitrogens is 1. The van der Waals surface area contributed by atoms with Crippen molar-refractivity contribution in [2.24, 2.45) is 0 Å². The van der Waals surface area contributed by atoms with Crippen molar-refractivity contribution in [3.8, 4) is 0 Å². The van der Waals surface area contributed by atoms with E-state index in [-0.39, 0.29) is 0 Å². The minimum atomic E-state index is -4.31. The summed E-state index contributed by atoms with van der Waals surface area (Å²) in [5.41, 5.74) is 1.73. The van der Waals surface area contributed by atoms with Gasteiger partial charge in [-0.3, -0.25) is 4.98 Å². The lowest BCUT2D eigenvalue weighted by molar-refractivity contribution is -0.137. The highest BCUT2D eigenvalue weighted by molar-refractivity contribution is 5.53. The zero-order valence-electron chi connectivity index (χ0n) is 11.0. The van der Waals surface area contributed by atoms with E-state index in [2.05, 4.69) is 10.3 Å². The molecule has 2 aromatic rings. The summed E-state index contributed by atoms with van der Waals surface area (Å²) in [6.07, 6.45) is -0.161. The Kier molecular flexibility index (Phi) is 4.27. The molecule has 106 valence electrons. The number of nitrogens with zero attached hydrogens (tertiary/aromatic N) is 1. The Morgan fingerprint density at radius 2 is 2.00 bits per heavy atom. The Labute approximate surface area is 115 Å². The largest absolute Gasteiger partial charge is 0.416 e. The van der Waals surface area contributed by atoms with Crippen molar-refractivity contribution in [2.75, 3.05) is 11.9 Å². The van der Waals surface area contributed by atoms with E-state index >= 15 is 0 Å². The third kappa shape index (κ3) is 3.73. The molecule has 2 nitrogen and oxygen atoms in total. The zero-order chi connectivity index (χ0) is 14.6. The summed E-state index contributed by atoms with van der Waals surface area (Å²) in [7, 11) is 0. The maximum Gasteiger partial charge on any atom is 0.416 e. The van der Waals surface area contributed by atoms with E-state index in [1.807, 2.05) is 12.1 Å². The van der Waals surface area contributed by atoms with Crippen molar-refractivity contribution in [3.05, 3.63) is 59.4 Å². The Bertz CT molecular complexity index is 565. The molecule has 0 saturated carbocycles. The van der Waals surface area contributed by atoms with Gasteiger partial charge in [0.15, 0.2) is 0 Å². The van der Waals surface area contributed by atoms with Gasteiger partial charge in [0.05, 0.1) is 5.56 Å². The van der Waals surface area contributed by atoms with Crippen LogP contribution in [0.5, 0.6) is 0 Å². The molecule has 0 aliphatic carbocycles. The standard InChI is InChI=1S/C15H15F3N2/c1-11-4-5-13(15(16,17)18)9-14(11)20-8-6-12-3-2-7-19-10-12/h2-5,7,9-10,20H,6,8H2,1H3. The van der Waals surface area contributed by atoms with E-state index in [0.29, 0.717) is 18.7 Å². The van der Waals surface area contributed by atoms with Crippen molar-refractivity contribution in [2.45, 2.75) is 19.5 Å². The second kappa shape index (κ2) is 5.94. The van der Waals surface area contributed by atoms with E-state index in [9.17, 15) is 13.2 Å². The van der Waals surface area contributed by atoms with Crippen LogP contribution in [-0.4, -0.2) is 11.5 Å². The van der Waals surface area contributed by atoms with Gasteiger partial charge < -0.3 is 5.32 Å². The summed E-state index contributed by atoms with van der Waals surface area (Å²) in [6, 6.07) is 7.51. The number of pyridine rings is 1. The molecule has 0 bridgehead atoms. The van der Waals surface area contributed by atoms with Gasteiger partial charge >= 0.3 is 6.18 Å². The van der Waals surface area contributed by atoms with Crippen molar-refractivity contribution in [1.82, 2.24) is 4.98 Å². The molecule has 0 fully saturated rings. The quantitative estimate of drug-likeness (QED) is 0.913. The fourth-order valence-electron chi connectivity index (χ4n) is 1.88. The average molecular weight is 280 g/mol. The number of aryl methyl sites for hydroxylation is 1. The van der Waals surface area contributed by atoms with Gasteiger partial charge in [-0.05, 0) is 42.7 Å². The Balaban J connectivity index is 2.02. The predicted molar refractivity (Wildman–Crippen MR) is 72.6 cm³/mol. The van der Waals surface area contributed by atoms with E-state index in [1.165, 1.54) is 6.07 Å². The Morgan fingerprint density at radius 3 is 2.65 bits per heavy atom. The molecule has 0 saturated heterocycles. The van der Waals surface area contributed by atoms with Crippen molar-refractivity contribution >= 4 is 5.69 Å². The van der Waals surface area contributed by atoms with Gasteiger partial charge in [-0.25, -0.2) is 0 Å². The number of alkyl halides is 3. The Morgan fingerprint density at radius 1 is 1.20 bits per heavy atom. The number of hydrogen-bond donors (Lipinski definition) is 1. The van der Waals surface area contributed by atoms with Gasteiger partial charge in [0.25, 0.3) is 0 Å². The van der Waals surface area contributed by atoms with Gasteiger partial charge in [0, 0.05) is 24.6 Å². The van der Waals surface area contributed by atoms with Crippen molar-refractivity contribution in [3.63, 3.8) is 0 Å². The molecule has 0 aliphatic rings. The van der Waals surface area contributed by atoms with Gasteiger partial charge in [-0.2, -0.15) is 13.2 Å². The van der Waals surface area contributed by atoms with Crippen LogP contribution in [0, 0.1) is 6.92 Å². The average Bonchev–Trinajstić information content (AvgIpc) is 2.41. The summed E-state index contributed by atoms with van der Waals surface area (Å²) in [5, 5.41) is 3.05. The van der Waals surface area contributed by atoms with Crippen LogP contribution in [0.2, 0.25) is 0 Å². The topological polar surface area (TPSA) is 24.9 Å². The van der Waals surface area contributed by atoms with Gasteiger partial charge in [-0.1, -0.05) is 12.1 Å². The lowest BCUT2D eigenvalue weighted by Crippen LogP contribution is -2.09. The van der Waals surface area contributed by atoms with E-state index < -0.39 is 11.7 Å². The van der Waals surface area contributed by atoms with Crippen molar-refractivity contribution < 1.29 is 13.2 Å². The first-order chi connectivity index (χ1) is 9.47. The minimum absolute atomic E-state index is 0.517. The molecule has 0 amide bonds. The molecule has 2 rings (SSSR count). The first kappa shape index (κ1) is 14.4. The number of anilines is 1. The van der Waals surface area contributed by atoms with E-state index in [4.69, 9.17) is 0 Å². The van der Waals surface area contributed by atoms with E-state index in [1.54, 1.807) is 19.3 Å². The molecule has 1 aromatic carbocycles. The molecule has 5 heteroatoms. The van der Waals surface area contributed by atoms with Crippen LogP contribution in [0.4, 0.5) is 18.9 Å². The number of halogens is 3. The molecule has 0 unspecified atom stereocenters. The summed E-state index contributed by atoms with van der Waals surface area (Å²) < 4.78 is 38.0. The summed E-state index contributed by atoms with van der Waals surface area (Å²) in [6.45, 7) is 2.35. The maximum absolute atomic E-state index is 12.7. The summed E-state index contributed by atoms with van der Waals surface area (Å²) >= 11 is 0. The molecule has 1 N–H and O–H groups in total. The first-order valence-electron chi connectivity index (χ1n) is 6.27. The minimum Gasteiger partial charge on any atom is -0.384 e. The maximum atomic E-state index is 12.7. The third-order valence-electron chi connectivity index (χ3n) is 3.02. The molecule has 0 radical (unpaired) electrons. The van der Waals surface area contributed by atoms with Crippen LogP contribution < -0.4 is 5.32 Å². The molecule has 0 aliphatic heterocycles. The second-order valence-corrected chi connectivity index (χ2v) is 4.57. The number of benzene rings is 1. The van der Waals surface area contributed by atoms with Crippen LogP contribution in [-0.2, 0) is 12.6 Å². The van der Waals surface area contributed by atoms with E-state index in [0.717, 1.165) is 23.3 Å². The summed E-state index contributed by atoms with van der Waals surface area (Å²) in [5.74, 6) is 0. The first-order valence-corrected chi connectivity index (χ1v) is 6.27. The molecule has 0 atom stereocenters. The molecule has 20 heavy (non-hydrogen) atoms. The van der Waals surface area contributed by atoms with Gasteiger partial charge in [0.1, 0.15) is 0 Å². The Hall–Kier alpha value is -2.04. The number of hydrogen-bond acceptors (Lipinski definition) is 2. The van der Waals surface area contributed by atoms with Crippen molar-refractivity contribution in [1.29, 1.82) is 0 Å². The molecule has 1 heterocycles. The van der Waals surface area contributed by atoms with Crippen LogP contribution in [0.1, 0.15) is 16.7 Å². The van der Waals surface area contributed by atoms with Gasteiger partial charge in [-0.15, -0.1) is 0 Å².